The lowest BCUT2D eigenvalue weighted by molar-refractivity contribution is -0.136. The Hall–Kier alpha value is -6.13. The summed E-state index contributed by atoms with van der Waals surface area (Å²) in [6.07, 6.45) is 6.73. The number of imidazole rings is 2. The molecule has 2 saturated heterocycles. The zero-order valence-corrected chi connectivity index (χ0v) is 32.5. The van der Waals surface area contributed by atoms with Crippen molar-refractivity contribution < 1.29 is 33.4 Å². The molecule has 1 aromatic carbocycles. The molecule has 2 aliphatic rings. The molecule has 2 aliphatic heterocycles. The number of likely N-dealkylation sites (tertiary alicyclic amines) is 2. The third-order valence-corrected chi connectivity index (χ3v) is 10.4. The maximum absolute atomic E-state index is 13.7. The lowest BCUT2D eigenvalue weighted by Crippen LogP contribution is -2.51. The lowest BCUT2D eigenvalue weighted by Gasteiger charge is -2.30. The van der Waals surface area contributed by atoms with Gasteiger partial charge in [0.25, 0.3) is 0 Å². The highest BCUT2D eigenvalue weighted by Gasteiger charge is 2.39. The van der Waals surface area contributed by atoms with E-state index in [1.807, 2.05) is 39.8 Å². The van der Waals surface area contributed by atoms with Crippen molar-refractivity contribution in [2.24, 2.45) is 11.8 Å². The predicted octanol–water partition coefficient (Wildman–Crippen LogP) is 5.19. The van der Waals surface area contributed by atoms with Crippen LogP contribution in [0.1, 0.15) is 93.0 Å². The molecule has 6 rings (SSSR count). The van der Waals surface area contributed by atoms with Crippen LogP contribution in [0.2, 0.25) is 0 Å². The van der Waals surface area contributed by atoms with Crippen molar-refractivity contribution in [1.82, 2.24) is 45.4 Å². The average Bonchev–Trinajstić information content (AvgIpc) is 4.04. The summed E-state index contributed by atoms with van der Waals surface area (Å²) in [4.78, 5) is 87.1. The zero-order chi connectivity index (χ0) is 40.1. The Morgan fingerprint density at radius 3 is 1.82 bits per heavy atom. The van der Waals surface area contributed by atoms with E-state index in [0.717, 1.165) is 30.5 Å². The van der Waals surface area contributed by atoms with Gasteiger partial charge < -0.3 is 50.2 Å². The fraction of sp³-hybridized carbons (Fsp3) is 0.462. The number of methoxy groups -OCH3 is 2. The number of rotatable bonds is 13. The van der Waals surface area contributed by atoms with Crippen LogP contribution in [0.5, 0.6) is 0 Å². The molecule has 0 aliphatic carbocycles. The first kappa shape index (κ1) is 39.6. The molecule has 298 valence electrons. The van der Waals surface area contributed by atoms with Crippen LogP contribution in [-0.4, -0.2) is 104 Å². The zero-order valence-electron chi connectivity index (χ0n) is 32.5. The maximum atomic E-state index is 13.7. The van der Waals surface area contributed by atoms with Gasteiger partial charge >= 0.3 is 12.2 Å². The van der Waals surface area contributed by atoms with E-state index >= 15 is 0 Å². The molecule has 4 unspecified atom stereocenters. The molecule has 17 heteroatoms. The number of alkyl carbamates (subject to hydrolysis) is 2. The second-order valence-corrected chi connectivity index (χ2v) is 14.8. The smallest absolute Gasteiger partial charge is 0.407 e. The highest BCUT2D eigenvalue weighted by molar-refractivity contribution is 6.12. The van der Waals surface area contributed by atoms with Gasteiger partial charge in [-0.05, 0) is 49.1 Å². The van der Waals surface area contributed by atoms with Gasteiger partial charge in [-0.25, -0.2) is 19.6 Å². The second kappa shape index (κ2) is 17.1. The summed E-state index contributed by atoms with van der Waals surface area (Å²) in [5, 5.41) is 8.56. The molecule has 17 nitrogen and oxygen atoms in total. The van der Waals surface area contributed by atoms with E-state index < -0.39 is 24.3 Å². The van der Waals surface area contributed by atoms with Crippen LogP contribution in [0.25, 0.3) is 11.3 Å². The van der Waals surface area contributed by atoms with Crippen LogP contribution in [0, 0.1) is 11.8 Å². The van der Waals surface area contributed by atoms with E-state index in [1.54, 1.807) is 46.6 Å². The van der Waals surface area contributed by atoms with Gasteiger partial charge in [0, 0.05) is 24.8 Å². The molecule has 4 amide bonds. The van der Waals surface area contributed by atoms with E-state index in [2.05, 4.69) is 40.9 Å². The maximum Gasteiger partial charge on any atom is 0.407 e. The van der Waals surface area contributed by atoms with Gasteiger partial charge in [-0.2, -0.15) is 0 Å². The fourth-order valence-corrected chi connectivity index (χ4v) is 7.36. The third kappa shape index (κ3) is 8.40. The standard InChI is InChI=1S/C39H50N10O7/c1-21(2)30(46-38(53)55-5)36(51)48-17-7-9-27(48)34-41-19-26(43-34)23-11-13-24(14-12-23)32(50)25-15-16-40-33(25)44-29-20-42-35(45-29)28-10-8-18-49(28)37(52)31(22(3)4)47-39(54)56-6/h11-16,19-22,27-28,30-31,40,44H,7-10,17-18H2,1-6H3,(H,41,43)(H,42,45)(H,46,53)(H,47,54). The Kier molecular flexibility index (Phi) is 12.1. The van der Waals surface area contributed by atoms with Crippen molar-refractivity contribution in [2.45, 2.75) is 77.5 Å². The number of carbonyl (C=O) groups is 5. The minimum Gasteiger partial charge on any atom is -0.453 e. The number of ketones is 1. The van der Waals surface area contributed by atoms with Gasteiger partial charge in [0.2, 0.25) is 11.8 Å². The highest BCUT2D eigenvalue weighted by atomic mass is 16.5. The summed E-state index contributed by atoms with van der Waals surface area (Å²) in [6, 6.07) is 6.86. The largest absolute Gasteiger partial charge is 0.453 e. The first-order valence-corrected chi connectivity index (χ1v) is 18.9. The number of hydrogen-bond acceptors (Lipinski definition) is 10. The molecule has 4 aromatic rings. The minimum atomic E-state index is -0.740. The van der Waals surface area contributed by atoms with Gasteiger partial charge in [0.15, 0.2) is 5.78 Å². The van der Waals surface area contributed by atoms with E-state index in [4.69, 9.17) is 9.47 Å². The summed E-state index contributed by atoms with van der Waals surface area (Å²) < 4.78 is 9.47. The SMILES string of the molecule is COC(=O)NC(C(=O)N1CCCC1c1ncc(Nc2[nH]ccc2C(=O)c2ccc(-c3cnc(C4CCCN4C(=O)C(NC(=O)OC)C(C)C)[nH]3)cc2)[nH]1)C(C)C. The molecule has 0 spiro atoms. The molecule has 2 fully saturated rings. The molecule has 5 heterocycles. The molecule has 0 saturated carbocycles. The van der Waals surface area contributed by atoms with Crippen molar-refractivity contribution in [3.63, 3.8) is 0 Å². The third-order valence-electron chi connectivity index (χ3n) is 10.4. The van der Waals surface area contributed by atoms with Gasteiger partial charge in [0.05, 0.1) is 50.0 Å². The topological polar surface area (TPSA) is 220 Å². The lowest BCUT2D eigenvalue weighted by atomic mass is 10.0. The Balaban J connectivity index is 1.11. The molecule has 0 radical (unpaired) electrons. The number of aromatic amines is 3. The van der Waals surface area contributed by atoms with Crippen molar-refractivity contribution >= 4 is 41.4 Å². The number of carbonyl (C=O) groups excluding carboxylic acids is 5. The predicted molar refractivity (Wildman–Crippen MR) is 206 cm³/mol. The van der Waals surface area contributed by atoms with Gasteiger partial charge in [-0.1, -0.05) is 52.0 Å². The van der Waals surface area contributed by atoms with E-state index in [9.17, 15) is 24.0 Å². The number of aromatic nitrogens is 5. The monoisotopic (exact) mass is 770 g/mol. The van der Waals surface area contributed by atoms with Crippen molar-refractivity contribution in [3.05, 3.63) is 71.7 Å². The molecule has 6 N–H and O–H groups in total. The first-order valence-electron chi connectivity index (χ1n) is 18.9. The van der Waals surface area contributed by atoms with Crippen molar-refractivity contribution in [2.75, 3.05) is 32.6 Å². The number of nitrogens with zero attached hydrogens (tertiary/aromatic N) is 4. The fourth-order valence-electron chi connectivity index (χ4n) is 7.36. The average molecular weight is 771 g/mol. The molecule has 56 heavy (non-hydrogen) atoms. The van der Waals surface area contributed by atoms with E-state index in [0.29, 0.717) is 53.9 Å². The Morgan fingerprint density at radius 2 is 1.29 bits per heavy atom. The van der Waals surface area contributed by atoms with Crippen LogP contribution in [0.15, 0.2) is 48.9 Å². The normalized spacial score (nSPS) is 17.9. The summed E-state index contributed by atoms with van der Waals surface area (Å²) in [5.74, 6) is 1.40. The van der Waals surface area contributed by atoms with Crippen LogP contribution in [0.4, 0.5) is 21.2 Å². The Labute approximate surface area is 324 Å². The van der Waals surface area contributed by atoms with Crippen LogP contribution in [0.3, 0.4) is 0 Å². The molecular weight excluding hydrogens is 720 g/mol. The number of H-pyrrole nitrogens is 3. The van der Waals surface area contributed by atoms with Crippen LogP contribution < -0.4 is 16.0 Å². The highest BCUT2D eigenvalue weighted by Crippen LogP contribution is 2.34. The summed E-state index contributed by atoms with van der Waals surface area (Å²) in [7, 11) is 2.53. The molecule has 3 aromatic heterocycles. The van der Waals surface area contributed by atoms with E-state index in [1.165, 1.54) is 14.2 Å². The molecule has 4 atom stereocenters. The van der Waals surface area contributed by atoms with Gasteiger partial charge in [-0.15, -0.1) is 0 Å². The van der Waals surface area contributed by atoms with Gasteiger partial charge in [-0.3, -0.25) is 14.4 Å². The minimum absolute atomic E-state index is 0.137. The van der Waals surface area contributed by atoms with Crippen LogP contribution >= 0.6 is 0 Å². The Morgan fingerprint density at radius 1 is 0.750 bits per heavy atom. The second-order valence-electron chi connectivity index (χ2n) is 14.8. The summed E-state index contributed by atoms with van der Waals surface area (Å²) >= 11 is 0. The van der Waals surface area contributed by atoms with Gasteiger partial charge in [0.1, 0.15) is 35.4 Å². The summed E-state index contributed by atoms with van der Waals surface area (Å²) in [6.45, 7) is 8.57. The molecular formula is C39H50N10O7. The Bertz CT molecular complexity index is 2030. The van der Waals surface area contributed by atoms with Crippen molar-refractivity contribution in [3.8, 4) is 11.3 Å². The number of ether oxygens (including phenoxy) is 2. The number of anilines is 2. The first-order chi connectivity index (χ1) is 26.9. The summed E-state index contributed by atoms with van der Waals surface area (Å²) in [5.41, 5.74) is 2.47. The molecule has 0 bridgehead atoms. The van der Waals surface area contributed by atoms with E-state index in [-0.39, 0.29) is 41.5 Å². The number of benzene rings is 1. The quantitative estimate of drug-likeness (QED) is 0.0978. The number of nitrogens with one attached hydrogen (secondary N) is 6. The number of amides is 4. The number of hydrogen-bond donors (Lipinski definition) is 6. The van der Waals surface area contributed by atoms with Crippen molar-refractivity contribution in [1.29, 1.82) is 0 Å². The van der Waals surface area contributed by atoms with Crippen LogP contribution in [-0.2, 0) is 19.1 Å².